The van der Waals surface area contributed by atoms with E-state index in [2.05, 4.69) is 13.5 Å². The van der Waals surface area contributed by atoms with Crippen LogP contribution in [0.4, 0.5) is 0 Å². The predicted molar refractivity (Wildman–Crippen MR) is 54.0 cm³/mol. The number of ether oxygens (including phenoxy) is 2. The molecule has 0 spiro atoms. The summed E-state index contributed by atoms with van der Waals surface area (Å²) in [5.41, 5.74) is 0. The van der Waals surface area contributed by atoms with Gasteiger partial charge in [-0.1, -0.05) is 38.8 Å². The third kappa shape index (κ3) is 3.50. The summed E-state index contributed by atoms with van der Waals surface area (Å²) in [7, 11) is 0. The molecule has 1 saturated heterocycles. The lowest BCUT2D eigenvalue weighted by atomic mass is 10.1. The topological polar surface area (TPSA) is 38.8 Å². The van der Waals surface area contributed by atoms with Crippen LogP contribution in [0.1, 0.15) is 32.6 Å². The summed E-state index contributed by atoms with van der Waals surface area (Å²) >= 11 is 0. The van der Waals surface area contributed by atoms with E-state index in [4.69, 9.17) is 9.47 Å². The normalized spacial score (nSPS) is 24.4. The summed E-state index contributed by atoms with van der Waals surface area (Å²) in [4.78, 5) is 11.2. The van der Waals surface area contributed by atoms with Gasteiger partial charge in [-0.2, -0.15) is 0 Å². The molecule has 3 heteroatoms. The SMILES string of the molecule is C=CCOC(=O)C1OC1CCCCC. The van der Waals surface area contributed by atoms with Crippen molar-refractivity contribution in [2.45, 2.75) is 44.8 Å². The van der Waals surface area contributed by atoms with E-state index in [1.807, 2.05) is 0 Å². The van der Waals surface area contributed by atoms with Crippen molar-refractivity contribution in [1.82, 2.24) is 0 Å². The number of epoxide rings is 1. The predicted octanol–water partition coefficient (Wildman–Crippen LogP) is 2.06. The highest BCUT2D eigenvalue weighted by Crippen LogP contribution is 2.28. The van der Waals surface area contributed by atoms with Crippen molar-refractivity contribution < 1.29 is 14.3 Å². The first-order chi connectivity index (χ1) is 6.79. The van der Waals surface area contributed by atoms with Crippen LogP contribution in [0.15, 0.2) is 12.7 Å². The van der Waals surface area contributed by atoms with Crippen LogP contribution in [0.2, 0.25) is 0 Å². The highest BCUT2D eigenvalue weighted by Gasteiger charge is 2.45. The molecule has 1 rings (SSSR count). The third-order valence-corrected chi connectivity index (χ3v) is 2.25. The molecule has 0 radical (unpaired) electrons. The largest absolute Gasteiger partial charge is 0.459 e. The van der Waals surface area contributed by atoms with E-state index in [-0.39, 0.29) is 24.8 Å². The molecule has 2 atom stereocenters. The number of carbonyl (C=O) groups excluding carboxylic acids is 1. The van der Waals surface area contributed by atoms with E-state index in [1.54, 1.807) is 6.08 Å². The van der Waals surface area contributed by atoms with Crippen LogP contribution in [0.3, 0.4) is 0 Å². The molecule has 0 N–H and O–H groups in total. The van der Waals surface area contributed by atoms with Gasteiger partial charge >= 0.3 is 5.97 Å². The van der Waals surface area contributed by atoms with Crippen LogP contribution < -0.4 is 0 Å². The lowest BCUT2D eigenvalue weighted by molar-refractivity contribution is -0.143. The Balaban J connectivity index is 2.06. The first-order valence-corrected chi connectivity index (χ1v) is 5.22. The Labute approximate surface area is 85.1 Å². The zero-order valence-corrected chi connectivity index (χ0v) is 8.70. The summed E-state index contributed by atoms with van der Waals surface area (Å²) in [6.45, 7) is 5.91. The molecular formula is C11H18O3. The Morgan fingerprint density at radius 2 is 2.36 bits per heavy atom. The molecule has 1 aliphatic rings. The molecule has 80 valence electrons. The number of unbranched alkanes of at least 4 members (excludes halogenated alkanes) is 2. The Kier molecular flexibility index (Phi) is 4.66. The van der Waals surface area contributed by atoms with Crippen molar-refractivity contribution in [2.75, 3.05) is 6.61 Å². The molecule has 0 aromatic rings. The van der Waals surface area contributed by atoms with Crippen LogP contribution in [0.5, 0.6) is 0 Å². The van der Waals surface area contributed by atoms with Crippen molar-refractivity contribution in [2.24, 2.45) is 0 Å². The van der Waals surface area contributed by atoms with E-state index in [1.165, 1.54) is 12.8 Å². The van der Waals surface area contributed by atoms with Gasteiger partial charge in [0.1, 0.15) is 6.61 Å². The molecule has 1 fully saturated rings. The zero-order chi connectivity index (χ0) is 10.4. The van der Waals surface area contributed by atoms with Gasteiger partial charge in [0, 0.05) is 0 Å². The van der Waals surface area contributed by atoms with Crippen LogP contribution in [-0.2, 0) is 14.3 Å². The van der Waals surface area contributed by atoms with E-state index < -0.39 is 0 Å². The fraction of sp³-hybridized carbons (Fsp3) is 0.727. The second-order valence-electron chi connectivity index (χ2n) is 3.51. The van der Waals surface area contributed by atoms with Crippen LogP contribution in [-0.4, -0.2) is 24.8 Å². The third-order valence-electron chi connectivity index (χ3n) is 2.25. The minimum Gasteiger partial charge on any atom is -0.459 e. The fourth-order valence-corrected chi connectivity index (χ4v) is 1.39. The lowest BCUT2D eigenvalue weighted by Crippen LogP contribution is -2.14. The number of esters is 1. The molecule has 0 amide bonds. The van der Waals surface area contributed by atoms with Gasteiger partial charge in [0.2, 0.25) is 0 Å². The molecule has 0 aromatic carbocycles. The standard InChI is InChI=1S/C11H18O3/c1-3-5-6-7-9-10(14-9)11(12)13-8-4-2/h4,9-10H,2-3,5-8H2,1H3. The van der Waals surface area contributed by atoms with E-state index >= 15 is 0 Å². The fourth-order valence-electron chi connectivity index (χ4n) is 1.39. The summed E-state index contributed by atoms with van der Waals surface area (Å²) < 4.78 is 10.1. The Bertz CT molecular complexity index is 201. The van der Waals surface area contributed by atoms with Gasteiger partial charge < -0.3 is 9.47 Å². The molecule has 2 unspecified atom stereocenters. The van der Waals surface area contributed by atoms with Gasteiger partial charge in [0.25, 0.3) is 0 Å². The molecule has 0 saturated carbocycles. The van der Waals surface area contributed by atoms with Gasteiger partial charge in [0.15, 0.2) is 6.10 Å². The Morgan fingerprint density at radius 3 is 3.00 bits per heavy atom. The molecule has 1 aliphatic heterocycles. The average Bonchev–Trinajstić information content (AvgIpc) is 2.94. The quantitative estimate of drug-likeness (QED) is 0.272. The minimum absolute atomic E-state index is 0.110. The van der Waals surface area contributed by atoms with Crippen LogP contribution in [0.25, 0.3) is 0 Å². The van der Waals surface area contributed by atoms with Crippen LogP contribution in [0, 0.1) is 0 Å². The number of hydrogen-bond donors (Lipinski definition) is 0. The van der Waals surface area contributed by atoms with E-state index in [9.17, 15) is 4.79 Å². The Hall–Kier alpha value is -0.830. The number of rotatable bonds is 7. The molecule has 1 heterocycles. The highest BCUT2D eigenvalue weighted by atomic mass is 16.6. The average molecular weight is 198 g/mol. The van der Waals surface area contributed by atoms with Crippen molar-refractivity contribution in [3.63, 3.8) is 0 Å². The van der Waals surface area contributed by atoms with Gasteiger partial charge in [-0.05, 0) is 6.42 Å². The van der Waals surface area contributed by atoms with E-state index in [0.29, 0.717) is 0 Å². The summed E-state index contributed by atoms with van der Waals surface area (Å²) in [5.74, 6) is -0.244. The van der Waals surface area contributed by atoms with E-state index in [0.717, 1.165) is 12.8 Å². The summed E-state index contributed by atoms with van der Waals surface area (Å²) in [5, 5.41) is 0. The second-order valence-corrected chi connectivity index (χ2v) is 3.51. The first kappa shape index (κ1) is 11.2. The molecular weight excluding hydrogens is 180 g/mol. The highest BCUT2D eigenvalue weighted by molar-refractivity contribution is 5.78. The van der Waals surface area contributed by atoms with Gasteiger partial charge in [-0.25, -0.2) is 4.79 Å². The molecule has 3 nitrogen and oxygen atoms in total. The first-order valence-electron chi connectivity index (χ1n) is 5.22. The van der Waals surface area contributed by atoms with Crippen molar-refractivity contribution >= 4 is 5.97 Å². The molecule has 0 aromatic heterocycles. The van der Waals surface area contributed by atoms with Gasteiger partial charge in [0.05, 0.1) is 6.10 Å². The number of hydrogen-bond acceptors (Lipinski definition) is 3. The molecule has 14 heavy (non-hydrogen) atoms. The van der Waals surface area contributed by atoms with Crippen molar-refractivity contribution in [3.05, 3.63) is 12.7 Å². The lowest BCUT2D eigenvalue weighted by Gasteiger charge is -1.97. The van der Waals surface area contributed by atoms with Crippen molar-refractivity contribution in [3.8, 4) is 0 Å². The minimum atomic E-state index is -0.299. The summed E-state index contributed by atoms with van der Waals surface area (Å²) in [6, 6.07) is 0. The maximum absolute atomic E-state index is 11.2. The second kappa shape index (κ2) is 5.81. The zero-order valence-electron chi connectivity index (χ0n) is 8.70. The smallest absolute Gasteiger partial charge is 0.338 e. The Morgan fingerprint density at radius 1 is 1.57 bits per heavy atom. The number of carbonyl (C=O) groups is 1. The van der Waals surface area contributed by atoms with Crippen LogP contribution >= 0.6 is 0 Å². The molecule has 0 bridgehead atoms. The maximum atomic E-state index is 11.2. The van der Waals surface area contributed by atoms with Crippen molar-refractivity contribution in [1.29, 1.82) is 0 Å². The monoisotopic (exact) mass is 198 g/mol. The van der Waals surface area contributed by atoms with Gasteiger partial charge in [-0.3, -0.25) is 0 Å². The van der Waals surface area contributed by atoms with Gasteiger partial charge in [-0.15, -0.1) is 0 Å². The summed E-state index contributed by atoms with van der Waals surface area (Å²) in [6.07, 6.45) is 5.87. The maximum Gasteiger partial charge on any atom is 0.338 e. The molecule has 0 aliphatic carbocycles.